The number of nitrogens with one attached hydrogen (secondary N) is 5. The minimum Gasteiger partial charge on any atom is -0.480 e. The number of hydrogen-bond donors (Lipinski definition) is 8. The van der Waals surface area contributed by atoms with Gasteiger partial charge in [-0.2, -0.15) is 0 Å². The Bertz CT molecular complexity index is 1540. The lowest BCUT2D eigenvalue weighted by Gasteiger charge is -2.21. The third kappa shape index (κ3) is 9.31. The van der Waals surface area contributed by atoms with E-state index in [0.717, 1.165) is 33.3 Å². The SMILES string of the molecule is CC(=O)N[C@@H](CCN=C(N)N)C(=O)NCC(=O)N[C@@H](Cc1c(-c2ccc(C)cc2)[nH]c2ccccc12)C(=O)N[C@@H](C)C(=O)O. The van der Waals surface area contributed by atoms with E-state index in [1.807, 2.05) is 55.5 Å². The van der Waals surface area contributed by atoms with Crippen LogP contribution in [0.4, 0.5) is 0 Å². The van der Waals surface area contributed by atoms with Crippen LogP contribution in [0.15, 0.2) is 53.5 Å². The van der Waals surface area contributed by atoms with E-state index in [9.17, 15) is 29.1 Å². The van der Waals surface area contributed by atoms with Gasteiger partial charge in [0.1, 0.15) is 18.1 Å². The van der Waals surface area contributed by atoms with E-state index in [2.05, 4.69) is 31.2 Å². The number of H-pyrrole nitrogens is 1. The maximum Gasteiger partial charge on any atom is 0.325 e. The van der Waals surface area contributed by atoms with Crippen molar-refractivity contribution in [3.05, 3.63) is 59.7 Å². The highest BCUT2D eigenvalue weighted by Gasteiger charge is 2.28. The Morgan fingerprint density at radius 3 is 2.25 bits per heavy atom. The Kier molecular flexibility index (Phi) is 11.4. The Morgan fingerprint density at radius 2 is 1.61 bits per heavy atom. The molecule has 14 nitrogen and oxygen atoms in total. The van der Waals surface area contributed by atoms with Crippen molar-refractivity contribution in [2.24, 2.45) is 16.5 Å². The maximum absolute atomic E-state index is 13.3. The van der Waals surface area contributed by atoms with Gasteiger partial charge in [-0.05, 0) is 37.5 Å². The predicted molar refractivity (Wildman–Crippen MR) is 165 cm³/mol. The number of carboxylic acid groups (broad SMARTS) is 1. The number of benzene rings is 2. The third-order valence-electron chi connectivity index (χ3n) is 6.77. The van der Waals surface area contributed by atoms with E-state index in [1.165, 1.54) is 13.8 Å². The lowest BCUT2D eigenvalue weighted by Crippen LogP contribution is -2.54. The van der Waals surface area contributed by atoms with Crippen LogP contribution in [0.2, 0.25) is 0 Å². The van der Waals surface area contributed by atoms with Crippen LogP contribution in [0.5, 0.6) is 0 Å². The predicted octanol–water partition coefficient (Wildman–Crippen LogP) is 0.0443. The molecular weight excluding hydrogens is 568 g/mol. The molecule has 0 spiro atoms. The van der Waals surface area contributed by atoms with Gasteiger partial charge in [-0.25, -0.2) is 0 Å². The number of aromatic amines is 1. The molecule has 14 heteroatoms. The van der Waals surface area contributed by atoms with Crippen molar-refractivity contribution in [3.63, 3.8) is 0 Å². The zero-order valence-electron chi connectivity index (χ0n) is 24.8. The highest BCUT2D eigenvalue weighted by atomic mass is 16.4. The smallest absolute Gasteiger partial charge is 0.325 e. The molecule has 0 unspecified atom stereocenters. The molecule has 0 bridgehead atoms. The fraction of sp³-hybridized carbons (Fsp3) is 0.333. The van der Waals surface area contributed by atoms with Crippen LogP contribution < -0.4 is 32.7 Å². The Labute approximate surface area is 254 Å². The average molecular weight is 607 g/mol. The maximum atomic E-state index is 13.3. The van der Waals surface area contributed by atoms with E-state index in [-0.39, 0.29) is 25.3 Å². The Morgan fingerprint density at radius 1 is 0.932 bits per heavy atom. The summed E-state index contributed by atoms with van der Waals surface area (Å²) in [5.41, 5.74) is 14.9. The number of para-hydroxylation sites is 1. The van der Waals surface area contributed by atoms with Gasteiger partial charge in [-0.1, -0.05) is 48.0 Å². The number of aliphatic carboxylic acids is 1. The summed E-state index contributed by atoms with van der Waals surface area (Å²) in [6, 6.07) is 11.9. The van der Waals surface area contributed by atoms with Gasteiger partial charge in [0.15, 0.2) is 5.96 Å². The molecule has 1 heterocycles. The fourth-order valence-electron chi connectivity index (χ4n) is 4.54. The Hall–Kier alpha value is -5.40. The first-order valence-corrected chi connectivity index (χ1v) is 13.9. The number of aromatic nitrogens is 1. The van der Waals surface area contributed by atoms with E-state index < -0.39 is 54.3 Å². The molecule has 10 N–H and O–H groups in total. The number of aryl methyl sites for hydroxylation is 1. The number of nitrogens with two attached hydrogens (primary N) is 2. The number of fused-ring (bicyclic) bond motifs is 1. The van der Waals surface area contributed by atoms with E-state index in [4.69, 9.17) is 11.5 Å². The molecule has 0 aliphatic carbocycles. The number of guanidine groups is 1. The second kappa shape index (κ2) is 15.2. The molecule has 0 aliphatic heterocycles. The summed E-state index contributed by atoms with van der Waals surface area (Å²) in [5, 5.41) is 20.2. The van der Waals surface area contributed by atoms with Crippen molar-refractivity contribution in [2.75, 3.05) is 13.1 Å². The summed E-state index contributed by atoms with van der Waals surface area (Å²) in [6.07, 6.45) is 0.0868. The van der Waals surface area contributed by atoms with Crippen molar-refractivity contribution in [2.45, 2.75) is 51.7 Å². The molecular formula is C30H38N8O6. The highest BCUT2D eigenvalue weighted by molar-refractivity contribution is 5.95. The number of carbonyl (C=O) groups is 5. The van der Waals surface area contributed by atoms with Crippen LogP contribution in [-0.2, 0) is 30.4 Å². The second-order valence-electron chi connectivity index (χ2n) is 10.3. The van der Waals surface area contributed by atoms with Crippen molar-refractivity contribution in [1.82, 2.24) is 26.3 Å². The first-order chi connectivity index (χ1) is 20.8. The summed E-state index contributed by atoms with van der Waals surface area (Å²) < 4.78 is 0. The number of rotatable bonds is 14. The number of carboxylic acids is 1. The van der Waals surface area contributed by atoms with Crippen LogP contribution in [0.3, 0.4) is 0 Å². The first kappa shape index (κ1) is 33.1. The van der Waals surface area contributed by atoms with Gasteiger partial charge in [-0.3, -0.25) is 29.0 Å². The van der Waals surface area contributed by atoms with Crippen LogP contribution in [0.25, 0.3) is 22.2 Å². The Balaban J connectivity index is 1.85. The number of aliphatic imine (C=N–C) groups is 1. The summed E-state index contributed by atoms with van der Waals surface area (Å²) in [6.45, 7) is 4.06. The van der Waals surface area contributed by atoms with Gasteiger partial charge in [0.05, 0.1) is 6.54 Å². The molecule has 3 aromatic rings. The first-order valence-electron chi connectivity index (χ1n) is 13.9. The van der Waals surface area contributed by atoms with Crippen LogP contribution >= 0.6 is 0 Å². The molecule has 1 aromatic heterocycles. The van der Waals surface area contributed by atoms with Gasteiger partial charge in [-0.15, -0.1) is 0 Å². The molecule has 0 fully saturated rings. The molecule has 0 aliphatic rings. The van der Waals surface area contributed by atoms with E-state index in [0.29, 0.717) is 0 Å². The number of nitrogens with zero attached hydrogens (tertiary/aromatic N) is 1. The minimum atomic E-state index is -1.24. The molecule has 3 rings (SSSR count). The van der Waals surface area contributed by atoms with Crippen molar-refractivity contribution < 1.29 is 29.1 Å². The summed E-state index contributed by atoms with van der Waals surface area (Å²) in [4.78, 5) is 69.4. The quantitative estimate of drug-likeness (QED) is 0.0919. The van der Waals surface area contributed by atoms with Crippen molar-refractivity contribution >= 4 is 46.5 Å². The average Bonchev–Trinajstić information content (AvgIpc) is 3.33. The molecule has 3 atom stereocenters. The largest absolute Gasteiger partial charge is 0.480 e. The molecule has 4 amide bonds. The summed E-state index contributed by atoms with van der Waals surface area (Å²) in [7, 11) is 0. The lowest BCUT2D eigenvalue weighted by atomic mass is 9.97. The third-order valence-corrected chi connectivity index (χ3v) is 6.77. The van der Waals surface area contributed by atoms with E-state index >= 15 is 0 Å². The van der Waals surface area contributed by atoms with Gasteiger partial charge in [0.25, 0.3) is 0 Å². The monoisotopic (exact) mass is 606 g/mol. The zero-order valence-corrected chi connectivity index (χ0v) is 24.8. The van der Waals surface area contributed by atoms with Crippen molar-refractivity contribution in [1.29, 1.82) is 0 Å². The minimum absolute atomic E-state index is 0.0120. The molecule has 0 saturated carbocycles. The highest BCUT2D eigenvalue weighted by Crippen LogP contribution is 2.31. The van der Waals surface area contributed by atoms with Gasteiger partial charge in [0.2, 0.25) is 23.6 Å². The summed E-state index contributed by atoms with van der Waals surface area (Å²) >= 11 is 0. The van der Waals surface area contributed by atoms with Crippen molar-refractivity contribution in [3.8, 4) is 11.3 Å². The lowest BCUT2D eigenvalue weighted by molar-refractivity contribution is -0.141. The number of carbonyl (C=O) groups excluding carboxylic acids is 4. The summed E-state index contributed by atoms with van der Waals surface area (Å²) in [5.74, 6) is -3.95. The van der Waals surface area contributed by atoms with Crippen LogP contribution in [0, 0.1) is 6.92 Å². The van der Waals surface area contributed by atoms with Gasteiger partial charge >= 0.3 is 5.97 Å². The second-order valence-corrected chi connectivity index (χ2v) is 10.3. The van der Waals surface area contributed by atoms with Gasteiger partial charge < -0.3 is 42.8 Å². The molecule has 2 aromatic carbocycles. The normalized spacial score (nSPS) is 12.8. The van der Waals surface area contributed by atoms with Gasteiger partial charge in [0, 0.05) is 36.5 Å². The van der Waals surface area contributed by atoms with Crippen LogP contribution in [-0.4, -0.2) is 76.9 Å². The molecule has 44 heavy (non-hydrogen) atoms. The number of amides is 4. The fourth-order valence-corrected chi connectivity index (χ4v) is 4.54. The number of hydrogen-bond acceptors (Lipinski definition) is 6. The molecule has 0 saturated heterocycles. The topological polar surface area (TPSA) is 234 Å². The molecule has 0 radical (unpaired) electrons. The standard InChI is InChI=1S/C30H38N8O6/c1-16-8-10-19(11-9-16)26-21(20-6-4-5-7-22(20)38-26)14-24(28(42)35-17(2)29(43)44)37-25(40)15-34-27(41)23(36-18(3)39)12-13-33-30(31)32/h4-11,17,23-24,38H,12-15H2,1-3H3,(H,34,41)(H,35,42)(H,36,39)(H,37,40)(H,43,44)(H4,31,32,33)/t17-,23-,24-/m0/s1. The van der Waals surface area contributed by atoms with E-state index in [1.54, 1.807) is 0 Å². The zero-order chi connectivity index (χ0) is 32.4. The van der Waals surface area contributed by atoms with Crippen LogP contribution in [0.1, 0.15) is 31.4 Å². The molecule has 234 valence electrons.